The maximum absolute atomic E-state index is 5.78. The summed E-state index contributed by atoms with van der Waals surface area (Å²) in [4.78, 5) is 4.32. The quantitative estimate of drug-likeness (QED) is 0.817. The number of nitrogens with zero attached hydrogens (tertiary/aromatic N) is 4. The summed E-state index contributed by atoms with van der Waals surface area (Å²) in [5.74, 6) is 1.03. The predicted octanol–water partition coefficient (Wildman–Crippen LogP) is 0.555. The number of hydrogen-bond donors (Lipinski definition) is 1. The lowest BCUT2D eigenvalue weighted by Gasteiger charge is -2.08. The minimum atomic E-state index is 0.134. The highest BCUT2D eigenvalue weighted by molar-refractivity contribution is 5.07. The van der Waals surface area contributed by atoms with Crippen molar-refractivity contribution in [1.29, 1.82) is 0 Å². The minimum Gasteiger partial charge on any atom is -0.330 e. The van der Waals surface area contributed by atoms with E-state index >= 15 is 0 Å². The molecule has 0 aliphatic heterocycles. The Bertz CT molecular complexity index is 454. The minimum absolute atomic E-state index is 0.134. The van der Waals surface area contributed by atoms with Crippen LogP contribution in [0.5, 0.6) is 0 Å². The van der Waals surface area contributed by atoms with E-state index in [1.54, 1.807) is 4.68 Å². The van der Waals surface area contributed by atoms with Gasteiger partial charge in [-0.2, -0.15) is 5.10 Å². The molecule has 16 heavy (non-hydrogen) atoms. The molecule has 0 radical (unpaired) electrons. The van der Waals surface area contributed by atoms with Crippen molar-refractivity contribution in [3.8, 4) is 0 Å². The van der Waals surface area contributed by atoms with Crippen molar-refractivity contribution in [3.05, 3.63) is 36.2 Å². The van der Waals surface area contributed by atoms with Gasteiger partial charge in [0.05, 0.1) is 12.7 Å². The standard InChI is InChI=1S/C11H17N5/c1-9(12)5-11-13-3-4-16(11)8-10-6-14-15(2)7-10/h3-4,6-7,9H,5,8,12H2,1-2H3. The van der Waals surface area contributed by atoms with Crippen LogP contribution in [0.2, 0.25) is 0 Å². The highest BCUT2D eigenvalue weighted by Gasteiger charge is 2.06. The van der Waals surface area contributed by atoms with Gasteiger partial charge in [-0.15, -0.1) is 0 Å². The first-order chi connectivity index (χ1) is 7.65. The highest BCUT2D eigenvalue weighted by atomic mass is 15.2. The Hall–Kier alpha value is -1.62. The lowest BCUT2D eigenvalue weighted by molar-refractivity contribution is 0.648. The smallest absolute Gasteiger partial charge is 0.110 e. The third kappa shape index (κ3) is 2.49. The topological polar surface area (TPSA) is 61.7 Å². The number of imidazole rings is 1. The third-order valence-corrected chi connectivity index (χ3v) is 2.42. The lowest BCUT2D eigenvalue weighted by atomic mass is 10.2. The Kier molecular flexibility index (Phi) is 3.05. The number of aryl methyl sites for hydroxylation is 1. The normalized spacial score (nSPS) is 12.9. The largest absolute Gasteiger partial charge is 0.330 e. The number of hydrogen-bond acceptors (Lipinski definition) is 3. The molecular weight excluding hydrogens is 202 g/mol. The van der Waals surface area contributed by atoms with E-state index in [-0.39, 0.29) is 6.04 Å². The average molecular weight is 219 g/mol. The Balaban J connectivity index is 2.12. The fourth-order valence-corrected chi connectivity index (χ4v) is 1.71. The van der Waals surface area contributed by atoms with Crippen LogP contribution < -0.4 is 5.73 Å². The van der Waals surface area contributed by atoms with Crippen molar-refractivity contribution >= 4 is 0 Å². The summed E-state index contributed by atoms with van der Waals surface area (Å²) >= 11 is 0. The van der Waals surface area contributed by atoms with Gasteiger partial charge < -0.3 is 10.3 Å². The van der Waals surface area contributed by atoms with E-state index in [9.17, 15) is 0 Å². The molecule has 5 heteroatoms. The molecular formula is C11H17N5. The summed E-state index contributed by atoms with van der Waals surface area (Å²) in [7, 11) is 1.92. The van der Waals surface area contributed by atoms with Crippen LogP contribution in [0, 0.1) is 0 Å². The van der Waals surface area contributed by atoms with E-state index in [1.807, 2.05) is 38.8 Å². The van der Waals surface area contributed by atoms with E-state index in [0.29, 0.717) is 0 Å². The Labute approximate surface area is 94.9 Å². The second-order valence-corrected chi connectivity index (χ2v) is 4.18. The predicted molar refractivity (Wildman–Crippen MR) is 61.9 cm³/mol. The molecule has 1 atom stereocenters. The van der Waals surface area contributed by atoms with Gasteiger partial charge in [-0.1, -0.05) is 0 Å². The van der Waals surface area contributed by atoms with E-state index in [4.69, 9.17) is 5.73 Å². The molecule has 0 aliphatic carbocycles. The van der Waals surface area contributed by atoms with Crippen molar-refractivity contribution < 1.29 is 0 Å². The van der Waals surface area contributed by atoms with Crippen molar-refractivity contribution in [2.75, 3.05) is 0 Å². The van der Waals surface area contributed by atoms with Crippen LogP contribution in [0.15, 0.2) is 24.8 Å². The van der Waals surface area contributed by atoms with Gasteiger partial charge in [-0.3, -0.25) is 4.68 Å². The van der Waals surface area contributed by atoms with Crippen LogP contribution in [0.25, 0.3) is 0 Å². The van der Waals surface area contributed by atoms with Crippen LogP contribution in [0.4, 0.5) is 0 Å². The molecule has 2 heterocycles. The molecule has 5 nitrogen and oxygen atoms in total. The van der Waals surface area contributed by atoms with Crippen LogP contribution in [-0.2, 0) is 20.0 Å². The highest BCUT2D eigenvalue weighted by Crippen LogP contribution is 2.06. The molecule has 0 amide bonds. The molecule has 1 unspecified atom stereocenters. The maximum Gasteiger partial charge on any atom is 0.110 e. The molecule has 0 aliphatic rings. The zero-order chi connectivity index (χ0) is 11.5. The number of aromatic nitrogens is 4. The second kappa shape index (κ2) is 4.49. The molecule has 0 aromatic carbocycles. The van der Waals surface area contributed by atoms with Crippen molar-refractivity contribution in [1.82, 2.24) is 19.3 Å². The number of rotatable bonds is 4. The summed E-state index contributed by atoms with van der Waals surface area (Å²) in [6, 6.07) is 0.134. The van der Waals surface area contributed by atoms with E-state index in [0.717, 1.165) is 18.8 Å². The average Bonchev–Trinajstić information content (AvgIpc) is 2.77. The van der Waals surface area contributed by atoms with Gasteiger partial charge in [0, 0.05) is 43.7 Å². The van der Waals surface area contributed by atoms with Gasteiger partial charge >= 0.3 is 0 Å². The molecule has 0 saturated carbocycles. The molecule has 0 saturated heterocycles. The molecule has 0 spiro atoms. The second-order valence-electron chi connectivity index (χ2n) is 4.18. The Morgan fingerprint density at radius 1 is 1.50 bits per heavy atom. The Morgan fingerprint density at radius 2 is 2.31 bits per heavy atom. The molecule has 86 valence electrons. The SMILES string of the molecule is CC(N)Cc1nccn1Cc1cnn(C)c1. The van der Waals surface area contributed by atoms with Crippen molar-refractivity contribution in [2.45, 2.75) is 25.9 Å². The monoisotopic (exact) mass is 219 g/mol. The molecule has 2 N–H and O–H groups in total. The van der Waals surface area contributed by atoms with Crippen LogP contribution in [-0.4, -0.2) is 25.4 Å². The summed E-state index contributed by atoms with van der Waals surface area (Å²) in [5, 5.41) is 4.15. The third-order valence-electron chi connectivity index (χ3n) is 2.42. The van der Waals surface area contributed by atoms with Gasteiger partial charge in [0.2, 0.25) is 0 Å². The molecule has 0 fully saturated rings. The van der Waals surface area contributed by atoms with Gasteiger partial charge in [0.1, 0.15) is 5.82 Å². The Morgan fingerprint density at radius 3 is 2.94 bits per heavy atom. The van der Waals surface area contributed by atoms with E-state index in [1.165, 1.54) is 5.56 Å². The lowest BCUT2D eigenvalue weighted by Crippen LogP contribution is -2.20. The van der Waals surface area contributed by atoms with Crippen LogP contribution in [0.1, 0.15) is 18.3 Å². The van der Waals surface area contributed by atoms with Crippen molar-refractivity contribution in [3.63, 3.8) is 0 Å². The molecule has 2 aromatic rings. The first-order valence-electron chi connectivity index (χ1n) is 5.38. The number of nitrogens with two attached hydrogens (primary N) is 1. The van der Waals surface area contributed by atoms with Gasteiger partial charge in [0.25, 0.3) is 0 Å². The van der Waals surface area contributed by atoms with Gasteiger partial charge in [0.15, 0.2) is 0 Å². The van der Waals surface area contributed by atoms with Crippen LogP contribution in [0.3, 0.4) is 0 Å². The van der Waals surface area contributed by atoms with Crippen molar-refractivity contribution in [2.24, 2.45) is 12.8 Å². The summed E-state index contributed by atoms with van der Waals surface area (Å²) in [6.07, 6.45) is 8.47. The summed E-state index contributed by atoms with van der Waals surface area (Å²) in [6.45, 7) is 2.79. The van der Waals surface area contributed by atoms with E-state index in [2.05, 4.69) is 14.6 Å². The zero-order valence-corrected chi connectivity index (χ0v) is 9.67. The fourth-order valence-electron chi connectivity index (χ4n) is 1.71. The zero-order valence-electron chi connectivity index (χ0n) is 9.67. The first-order valence-corrected chi connectivity index (χ1v) is 5.38. The maximum atomic E-state index is 5.78. The van der Waals surface area contributed by atoms with Gasteiger partial charge in [-0.25, -0.2) is 4.98 Å². The van der Waals surface area contributed by atoms with Crippen LogP contribution >= 0.6 is 0 Å². The summed E-state index contributed by atoms with van der Waals surface area (Å²) < 4.78 is 3.91. The first kappa shape index (κ1) is 10.9. The summed E-state index contributed by atoms with van der Waals surface area (Å²) in [5.41, 5.74) is 6.95. The van der Waals surface area contributed by atoms with Gasteiger partial charge in [-0.05, 0) is 6.92 Å². The fraction of sp³-hybridized carbons (Fsp3) is 0.455. The molecule has 2 rings (SSSR count). The molecule has 0 bridgehead atoms. The molecule has 2 aromatic heterocycles. The van der Waals surface area contributed by atoms with E-state index < -0.39 is 0 Å².